The summed E-state index contributed by atoms with van der Waals surface area (Å²) in [4.78, 5) is 0. The normalized spacial score (nSPS) is 11.3. The molecule has 0 fully saturated rings. The van der Waals surface area contributed by atoms with Crippen molar-refractivity contribution < 1.29 is 18.9 Å². The monoisotopic (exact) mass is 293 g/mol. The summed E-state index contributed by atoms with van der Waals surface area (Å²) < 4.78 is 24.1. The summed E-state index contributed by atoms with van der Waals surface area (Å²) in [6.45, 7) is 5.80. The molecule has 0 aliphatic heterocycles. The molecule has 1 aromatic carbocycles. The van der Waals surface area contributed by atoms with E-state index in [1.807, 2.05) is 38.2 Å². The van der Waals surface area contributed by atoms with Gasteiger partial charge in [0.05, 0.1) is 26.3 Å². The quantitative estimate of drug-likeness (QED) is 0.702. The van der Waals surface area contributed by atoms with Crippen molar-refractivity contribution >= 4 is 10.9 Å². The molecule has 0 N–H and O–H groups in total. The highest BCUT2D eigenvalue weighted by atomic mass is 16.7. The van der Waals surface area contributed by atoms with Crippen LogP contribution in [0, 0.1) is 0 Å². The van der Waals surface area contributed by atoms with Crippen LogP contribution in [0.1, 0.15) is 13.8 Å². The lowest BCUT2D eigenvalue weighted by molar-refractivity contribution is -0.143. The van der Waals surface area contributed by atoms with Crippen LogP contribution in [-0.4, -0.2) is 38.3 Å². The highest BCUT2D eigenvalue weighted by Crippen LogP contribution is 2.32. The van der Waals surface area contributed by atoms with Crippen LogP contribution < -0.4 is 9.47 Å². The maximum absolute atomic E-state index is 5.61. The largest absolute Gasteiger partial charge is 0.497 e. The second-order valence-corrected chi connectivity index (χ2v) is 4.57. The van der Waals surface area contributed by atoms with Crippen LogP contribution in [0.25, 0.3) is 10.9 Å². The predicted molar refractivity (Wildman–Crippen MR) is 82.1 cm³/mol. The highest BCUT2D eigenvalue weighted by molar-refractivity contribution is 5.88. The second-order valence-electron chi connectivity index (χ2n) is 4.57. The first-order chi connectivity index (χ1) is 10.2. The summed E-state index contributed by atoms with van der Waals surface area (Å²) in [6, 6.07) is 5.91. The number of fused-ring (bicyclic) bond motifs is 1. The van der Waals surface area contributed by atoms with Crippen LogP contribution in [0.2, 0.25) is 0 Å². The van der Waals surface area contributed by atoms with Gasteiger partial charge in [0.25, 0.3) is 0 Å². The van der Waals surface area contributed by atoms with Gasteiger partial charge in [-0.3, -0.25) is 0 Å². The van der Waals surface area contributed by atoms with E-state index in [1.165, 1.54) is 0 Å². The Bertz CT molecular complexity index is 573. The average molecular weight is 293 g/mol. The van der Waals surface area contributed by atoms with Crippen molar-refractivity contribution in [2.75, 3.05) is 27.4 Å². The molecule has 0 spiro atoms. The van der Waals surface area contributed by atoms with Gasteiger partial charge < -0.3 is 23.5 Å². The number of hydrogen-bond donors (Lipinski definition) is 0. The van der Waals surface area contributed by atoms with E-state index >= 15 is 0 Å². The molecule has 0 aliphatic rings. The number of aromatic nitrogens is 1. The first-order valence-electron chi connectivity index (χ1n) is 7.17. The predicted octanol–water partition coefficient (Wildman–Crippen LogP) is 3.06. The SMILES string of the molecule is CCOC(Cn1ccc2c(OC)cc(OC)cc21)OCC. The number of nitrogens with zero attached hydrogens (tertiary/aromatic N) is 1. The van der Waals surface area contributed by atoms with Crippen LogP contribution in [0.15, 0.2) is 24.4 Å². The maximum atomic E-state index is 5.61. The van der Waals surface area contributed by atoms with Gasteiger partial charge in [-0.25, -0.2) is 0 Å². The fourth-order valence-corrected chi connectivity index (χ4v) is 2.37. The lowest BCUT2D eigenvalue weighted by Gasteiger charge is -2.18. The van der Waals surface area contributed by atoms with E-state index in [0.717, 1.165) is 22.4 Å². The first-order valence-corrected chi connectivity index (χ1v) is 7.17. The zero-order valence-corrected chi connectivity index (χ0v) is 13.1. The van der Waals surface area contributed by atoms with Crippen molar-refractivity contribution in [1.29, 1.82) is 0 Å². The van der Waals surface area contributed by atoms with Crippen molar-refractivity contribution in [3.63, 3.8) is 0 Å². The lowest BCUT2D eigenvalue weighted by Crippen LogP contribution is -2.23. The van der Waals surface area contributed by atoms with Gasteiger partial charge >= 0.3 is 0 Å². The summed E-state index contributed by atoms with van der Waals surface area (Å²) >= 11 is 0. The fourth-order valence-electron chi connectivity index (χ4n) is 2.37. The fraction of sp³-hybridized carbons (Fsp3) is 0.500. The van der Waals surface area contributed by atoms with Crippen LogP contribution in [0.3, 0.4) is 0 Å². The Labute approximate surface area is 125 Å². The van der Waals surface area contributed by atoms with Gasteiger partial charge in [-0.2, -0.15) is 0 Å². The molecule has 1 aromatic heterocycles. The third-order valence-electron chi connectivity index (χ3n) is 3.33. The molecule has 1 heterocycles. The molecule has 0 saturated heterocycles. The molecule has 0 amide bonds. The third-order valence-corrected chi connectivity index (χ3v) is 3.33. The molecule has 0 radical (unpaired) electrons. The molecule has 0 atom stereocenters. The van der Waals surface area contributed by atoms with Gasteiger partial charge in [0.2, 0.25) is 0 Å². The van der Waals surface area contributed by atoms with E-state index in [0.29, 0.717) is 19.8 Å². The molecule has 21 heavy (non-hydrogen) atoms. The molecule has 5 nitrogen and oxygen atoms in total. The Kier molecular flexibility index (Phi) is 5.47. The van der Waals surface area contributed by atoms with Gasteiger partial charge in [-0.05, 0) is 19.9 Å². The van der Waals surface area contributed by atoms with E-state index in [1.54, 1.807) is 14.2 Å². The number of benzene rings is 1. The van der Waals surface area contributed by atoms with Gasteiger partial charge in [0, 0.05) is 36.9 Å². The van der Waals surface area contributed by atoms with Crippen molar-refractivity contribution in [2.24, 2.45) is 0 Å². The van der Waals surface area contributed by atoms with E-state index < -0.39 is 0 Å². The van der Waals surface area contributed by atoms with Gasteiger partial charge in [-0.1, -0.05) is 0 Å². The minimum absolute atomic E-state index is 0.257. The number of methoxy groups -OCH3 is 2. The molecule has 0 saturated carbocycles. The first kappa shape index (κ1) is 15.7. The van der Waals surface area contributed by atoms with Gasteiger partial charge in [-0.15, -0.1) is 0 Å². The van der Waals surface area contributed by atoms with Crippen LogP contribution >= 0.6 is 0 Å². The van der Waals surface area contributed by atoms with E-state index in [2.05, 4.69) is 4.57 Å². The molecule has 2 rings (SSSR count). The average Bonchev–Trinajstić information content (AvgIpc) is 2.90. The van der Waals surface area contributed by atoms with Crippen molar-refractivity contribution in [3.8, 4) is 11.5 Å². The van der Waals surface area contributed by atoms with Gasteiger partial charge in [0.15, 0.2) is 6.29 Å². The Balaban J connectivity index is 2.35. The molecule has 116 valence electrons. The molecule has 0 bridgehead atoms. The minimum atomic E-state index is -0.257. The number of hydrogen-bond acceptors (Lipinski definition) is 4. The minimum Gasteiger partial charge on any atom is -0.497 e. The van der Waals surface area contributed by atoms with Crippen molar-refractivity contribution in [1.82, 2.24) is 4.57 Å². The summed E-state index contributed by atoms with van der Waals surface area (Å²) in [6.07, 6.45) is 1.75. The topological polar surface area (TPSA) is 41.9 Å². The number of rotatable bonds is 8. The third kappa shape index (κ3) is 3.49. The van der Waals surface area contributed by atoms with Crippen molar-refractivity contribution in [2.45, 2.75) is 26.7 Å². The second kappa shape index (κ2) is 7.33. The molecular formula is C16H23NO4. The maximum Gasteiger partial charge on any atom is 0.175 e. The Morgan fingerprint density at radius 3 is 2.33 bits per heavy atom. The zero-order chi connectivity index (χ0) is 15.2. The summed E-state index contributed by atoms with van der Waals surface area (Å²) in [5.41, 5.74) is 1.04. The van der Waals surface area contributed by atoms with E-state index in [9.17, 15) is 0 Å². The highest BCUT2D eigenvalue weighted by Gasteiger charge is 2.14. The van der Waals surface area contributed by atoms with Crippen LogP contribution in [0.4, 0.5) is 0 Å². The zero-order valence-electron chi connectivity index (χ0n) is 13.1. The van der Waals surface area contributed by atoms with Crippen molar-refractivity contribution in [3.05, 3.63) is 24.4 Å². The Hall–Kier alpha value is -1.72. The lowest BCUT2D eigenvalue weighted by atomic mass is 10.2. The van der Waals surface area contributed by atoms with Crippen LogP contribution in [0.5, 0.6) is 11.5 Å². The summed E-state index contributed by atoms with van der Waals surface area (Å²) in [5.74, 6) is 1.57. The smallest absolute Gasteiger partial charge is 0.175 e. The molecular weight excluding hydrogens is 270 g/mol. The molecule has 0 aliphatic carbocycles. The summed E-state index contributed by atoms with van der Waals surface area (Å²) in [5, 5.41) is 1.05. The summed E-state index contributed by atoms with van der Waals surface area (Å²) in [7, 11) is 3.31. The molecule has 5 heteroatoms. The number of ether oxygens (including phenoxy) is 4. The molecule has 2 aromatic rings. The van der Waals surface area contributed by atoms with Gasteiger partial charge in [0.1, 0.15) is 11.5 Å². The molecule has 0 unspecified atom stereocenters. The van der Waals surface area contributed by atoms with E-state index in [4.69, 9.17) is 18.9 Å². The van der Waals surface area contributed by atoms with E-state index in [-0.39, 0.29) is 6.29 Å². The Morgan fingerprint density at radius 1 is 1.05 bits per heavy atom. The Morgan fingerprint density at radius 2 is 1.76 bits per heavy atom. The standard InChI is InChI=1S/C16H23NO4/c1-5-20-16(21-6-2)11-17-8-7-13-14(17)9-12(18-3)10-15(13)19-4/h7-10,16H,5-6,11H2,1-4H3. The van der Waals surface area contributed by atoms with Crippen LogP contribution in [-0.2, 0) is 16.0 Å².